The Bertz CT molecular complexity index is 811. The summed E-state index contributed by atoms with van der Waals surface area (Å²) in [4.78, 5) is 41.8. The second kappa shape index (κ2) is 16.6. The second-order valence-electron chi connectivity index (χ2n) is 14.0. The maximum Gasteiger partial charge on any atom is 0.296 e. The summed E-state index contributed by atoms with van der Waals surface area (Å²) in [6.07, 6.45) is 6.93. The lowest BCUT2D eigenvalue weighted by Crippen LogP contribution is -2.64. The van der Waals surface area contributed by atoms with E-state index in [2.05, 4.69) is 86.3 Å². The largest absolute Gasteiger partial charge is 0.342 e. The zero-order chi connectivity index (χ0) is 31.5. The molecule has 0 heterocycles. The highest BCUT2D eigenvalue weighted by molar-refractivity contribution is 6.73. The van der Waals surface area contributed by atoms with Crippen molar-refractivity contribution in [2.24, 2.45) is 28.6 Å². The number of ketones is 2. The van der Waals surface area contributed by atoms with Crippen LogP contribution in [0.25, 0.3) is 0 Å². The SMILES string of the molecule is CCC(CC)C(=O)C(CC)CC(C)CC(C)(C)CN(CC)C(C)(CC)C(C)(CC)C(=O)[B]NC(C)(CC)C(C)=O. The number of nitrogens with one attached hydrogen (secondary N) is 1. The van der Waals surface area contributed by atoms with Gasteiger partial charge < -0.3 is 10.0 Å². The molecule has 0 amide bonds. The predicted molar refractivity (Wildman–Crippen MR) is 173 cm³/mol. The molecule has 0 aromatic rings. The van der Waals surface area contributed by atoms with Gasteiger partial charge >= 0.3 is 0 Å². The molecule has 0 fully saturated rings. The van der Waals surface area contributed by atoms with Crippen molar-refractivity contribution in [1.82, 2.24) is 10.1 Å². The van der Waals surface area contributed by atoms with E-state index < -0.39 is 11.0 Å². The van der Waals surface area contributed by atoms with E-state index >= 15 is 0 Å². The number of hydrogen-bond acceptors (Lipinski definition) is 5. The number of Topliss-reactive ketones (excluding diaryl/α,β-unsaturated/α-hetero) is 2. The first-order chi connectivity index (χ1) is 18.4. The van der Waals surface area contributed by atoms with Crippen LogP contribution in [0.5, 0.6) is 0 Å². The van der Waals surface area contributed by atoms with E-state index in [0.29, 0.717) is 24.5 Å². The van der Waals surface area contributed by atoms with Gasteiger partial charge in [0.1, 0.15) is 17.2 Å². The van der Waals surface area contributed by atoms with Gasteiger partial charge in [0.05, 0.1) is 5.54 Å². The van der Waals surface area contributed by atoms with Crippen molar-refractivity contribution in [2.45, 2.75) is 159 Å². The molecule has 0 spiro atoms. The minimum absolute atomic E-state index is 0.0250. The van der Waals surface area contributed by atoms with Crippen LogP contribution in [0.15, 0.2) is 0 Å². The highest BCUT2D eigenvalue weighted by Crippen LogP contribution is 2.44. The van der Waals surface area contributed by atoms with Gasteiger partial charge in [-0.25, -0.2) is 0 Å². The summed E-state index contributed by atoms with van der Waals surface area (Å²) >= 11 is 0. The van der Waals surface area contributed by atoms with E-state index in [0.717, 1.165) is 51.6 Å². The molecule has 0 aromatic carbocycles. The van der Waals surface area contributed by atoms with Crippen LogP contribution in [-0.2, 0) is 14.4 Å². The maximum absolute atomic E-state index is 13.9. The van der Waals surface area contributed by atoms with Crippen LogP contribution in [0, 0.1) is 28.6 Å². The molecular weight excluding hydrogens is 495 g/mol. The molecule has 40 heavy (non-hydrogen) atoms. The molecule has 1 N–H and O–H groups in total. The Labute approximate surface area is 250 Å². The first-order valence-electron chi connectivity index (χ1n) is 16.4. The number of carbonyl (C=O) groups is 3. The van der Waals surface area contributed by atoms with E-state index in [1.807, 2.05) is 13.8 Å². The van der Waals surface area contributed by atoms with Crippen LogP contribution in [0.3, 0.4) is 0 Å². The van der Waals surface area contributed by atoms with E-state index in [1.165, 1.54) is 0 Å². The molecule has 5 nitrogen and oxygen atoms in total. The quantitative estimate of drug-likeness (QED) is 0.136. The smallest absolute Gasteiger partial charge is 0.296 e. The van der Waals surface area contributed by atoms with Gasteiger partial charge in [-0.15, -0.1) is 0 Å². The summed E-state index contributed by atoms with van der Waals surface area (Å²) in [6.45, 7) is 31.4. The molecule has 0 saturated carbocycles. The lowest BCUT2D eigenvalue weighted by molar-refractivity contribution is -0.132. The molecule has 0 aliphatic rings. The van der Waals surface area contributed by atoms with E-state index in [4.69, 9.17) is 0 Å². The lowest BCUT2D eigenvalue weighted by Gasteiger charge is -2.54. The van der Waals surface area contributed by atoms with Crippen molar-refractivity contribution < 1.29 is 14.4 Å². The molecular formula is C34H66BN2O3. The third-order valence-corrected chi connectivity index (χ3v) is 10.7. The average Bonchev–Trinajstić information content (AvgIpc) is 2.91. The van der Waals surface area contributed by atoms with Crippen molar-refractivity contribution in [2.75, 3.05) is 13.1 Å². The highest BCUT2D eigenvalue weighted by Gasteiger charge is 2.51. The van der Waals surface area contributed by atoms with E-state index in [-0.39, 0.29) is 34.3 Å². The summed E-state index contributed by atoms with van der Waals surface area (Å²) in [5.41, 5.74) is -1.63. The van der Waals surface area contributed by atoms with Gasteiger partial charge in [0.25, 0.3) is 7.41 Å². The Morgan fingerprint density at radius 2 is 1.32 bits per heavy atom. The number of hydrogen-bond donors (Lipinski definition) is 1. The Morgan fingerprint density at radius 3 is 1.70 bits per heavy atom. The molecule has 5 atom stereocenters. The van der Waals surface area contributed by atoms with E-state index in [9.17, 15) is 14.4 Å². The van der Waals surface area contributed by atoms with Gasteiger partial charge in [-0.05, 0) is 90.0 Å². The summed E-state index contributed by atoms with van der Waals surface area (Å²) in [5, 5.41) is 3.19. The summed E-state index contributed by atoms with van der Waals surface area (Å²) in [5.74, 6) is 1.27. The van der Waals surface area contributed by atoms with Crippen molar-refractivity contribution in [3.05, 3.63) is 0 Å². The van der Waals surface area contributed by atoms with Crippen LogP contribution in [0.2, 0.25) is 0 Å². The molecule has 0 aliphatic carbocycles. The third-order valence-electron chi connectivity index (χ3n) is 10.7. The van der Waals surface area contributed by atoms with Gasteiger partial charge in [0.2, 0.25) is 0 Å². The van der Waals surface area contributed by atoms with Crippen LogP contribution in [0.1, 0.15) is 148 Å². The average molecular weight is 562 g/mol. The van der Waals surface area contributed by atoms with Crippen molar-refractivity contribution in [3.8, 4) is 0 Å². The summed E-state index contributed by atoms with van der Waals surface area (Å²) in [6, 6.07) is 0. The van der Waals surface area contributed by atoms with Gasteiger partial charge in [-0.3, -0.25) is 14.5 Å². The van der Waals surface area contributed by atoms with Crippen molar-refractivity contribution >= 4 is 24.7 Å². The molecule has 0 aliphatic heterocycles. The Hall–Kier alpha value is -1.01. The molecule has 6 heteroatoms. The minimum atomic E-state index is -0.735. The number of nitrogens with zero attached hydrogens (tertiary/aromatic N) is 1. The minimum Gasteiger partial charge on any atom is -0.342 e. The molecule has 0 aromatic heterocycles. The van der Waals surface area contributed by atoms with Gasteiger partial charge in [0.15, 0.2) is 0 Å². The highest BCUT2D eigenvalue weighted by atomic mass is 16.1. The van der Waals surface area contributed by atoms with Crippen LogP contribution in [-0.4, -0.2) is 53.7 Å². The van der Waals surface area contributed by atoms with Crippen LogP contribution >= 0.6 is 0 Å². The normalized spacial score (nSPS) is 18.5. The molecule has 5 unspecified atom stereocenters. The Kier molecular flexibility index (Phi) is 16.2. The fourth-order valence-electron chi connectivity index (χ4n) is 6.86. The molecule has 0 saturated heterocycles. The molecule has 0 bridgehead atoms. The maximum atomic E-state index is 13.9. The molecule has 1 radical (unpaired) electrons. The Balaban J connectivity index is 5.87. The molecule has 233 valence electrons. The number of carbonyl (C=O) groups excluding carboxylic acids is 3. The third kappa shape index (κ3) is 9.51. The Morgan fingerprint density at radius 1 is 0.800 bits per heavy atom. The van der Waals surface area contributed by atoms with E-state index in [1.54, 1.807) is 14.3 Å². The standard InChI is InChI=1S/C34H66BN2O3/c1-15-27(16-2)29(39)28(17-3)22-25(8)23-31(10,11)24-37(21-7)34(14,20-6)32(12,18-4)30(40)35-36-33(13,19-5)26(9)38/h25,27-28,36H,15-24H2,1-14H3. The fourth-order valence-corrected chi connectivity index (χ4v) is 6.86. The fraction of sp³-hybridized carbons (Fsp3) is 0.912. The first kappa shape index (κ1) is 39.0. The van der Waals surface area contributed by atoms with Crippen LogP contribution < -0.4 is 5.23 Å². The summed E-state index contributed by atoms with van der Waals surface area (Å²) in [7, 11) is 1.57. The lowest BCUT2D eigenvalue weighted by atomic mass is 9.56. The van der Waals surface area contributed by atoms with Crippen molar-refractivity contribution in [3.63, 3.8) is 0 Å². The van der Waals surface area contributed by atoms with Crippen LogP contribution in [0.4, 0.5) is 0 Å². The first-order valence-corrected chi connectivity index (χ1v) is 16.4. The zero-order valence-corrected chi connectivity index (χ0v) is 29.1. The number of rotatable bonds is 22. The van der Waals surface area contributed by atoms with Crippen molar-refractivity contribution in [1.29, 1.82) is 0 Å². The zero-order valence-electron chi connectivity index (χ0n) is 29.1. The van der Waals surface area contributed by atoms with Gasteiger partial charge in [-0.2, -0.15) is 0 Å². The molecule has 0 rings (SSSR count). The summed E-state index contributed by atoms with van der Waals surface area (Å²) < 4.78 is 0. The predicted octanol–water partition coefficient (Wildman–Crippen LogP) is 7.86. The monoisotopic (exact) mass is 562 g/mol. The van der Waals surface area contributed by atoms with Gasteiger partial charge in [0, 0.05) is 29.3 Å². The van der Waals surface area contributed by atoms with Gasteiger partial charge in [-0.1, -0.05) is 76.2 Å². The second-order valence-corrected chi connectivity index (χ2v) is 14.0. The topological polar surface area (TPSA) is 66.5 Å².